The van der Waals surface area contributed by atoms with Crippen molar-refractivity contribution in [1.82, 2.24) is 0 Å². The molecule has 0 aromatic heterocycles. The van der Waals surface area contributed by atoms with Crippen LogP contribution in [0.1, 0.15) is 10.4 Å². The van der Waals surface area contributed by atoms with Crippen LogP contribution in [0.2, 0.25) is 0 Å². The van der Waals surface area contributed by atoms with Gasteiger partial charge in [-0.05, 0) is 47.2 Å². The van der Waals surface area contributed by atoms with Crippen LogP contribution in [0.5, 0.6) is 5.75 Å². The van der Waals surface area contributed by atoms with Gasteiger partial charge >= 0.3 is 5.97 Å². The van der Waals surface area contributed by atoms with Crippen molar-refractivity contribution in [3.63, 3.8) is 0 Å². The van der Waals surface area contributed by atoms with Crippen LogP contribution in [-0.4, -0.2) is 5.97 Å². The Morgan fingerprint density at radius 1 is 0.947 bits per heavy atom. The smallest absolute Gasteiger partial charge is 0.343 e. The normalized spacial score (nSPS) is 10.3. The summed E-state index contributed by atoms with van der Waals surface area (Å²) in [7, 11) is 0. The third-order valence-corrected chi connectivity index (χ3v) is 2.87. The molecule has 0 saturated carbocycles. The molecule has 2 heteroatoms. The van der Waals surface area contributed by atoms with E-state index in [1.54, 1.807) is 18.2 Å². The van der Waals surface area contributed by atoms with Crippen LogP contribution < -0.4 is 4.74 Å². The molecular formula is C17H11O2. The first kappa shape index (κ1) is 11.5. The number of carbonyl (C=O) groups is 1. The average Bonchev–Trinajstić information content (AvgIpc) is 2.48. The SMILES string of the molecule is O=C(Oc1ccccc1)c1ccc2c[c]ccc2c1. The molecule has 0 saturated heterocycles. The van der Waals surface area contributed by atoms with Crippen molar-refractivity contribution in [1.29, 1.82) is 0 Å². The van der Waals surface area contributed by atoms with Crippen molar-refractivity contribution in [2.45, 2.75) is 0 Å². The zero-order valence-corrected chi connectivity index (χ0v) is 10.2. The highest BCUT2D eigenvalue weighted by Crippen LogP contribution is 2.17. The number of fused-ring (bicyclic) bond motifs is 1. The first-order valence-electron chi connectivity index (χ1n) is 6.00. The van der Waals surface area contributed by atoms with Crippen LogP contribution in [-0.2, 0) is 0 Å². The summed E-state index contributed by atoms with van der Waals surface area (Å²) >= 11 is 0. The van der Waals surface area contributed by atoms with Gasteiger partial charge in [-0.25, -0.2) is 4.79 Å². The van der Waals surface area contributed by atoms with Gasteiger partial charge in [0.05, 0.1) is 5.56 Å². The maximum atomic E-state index is 12.0. The molecular weight excluding hydrogens is 236 g/mol. The third-order valence-electron chi connectivity index (χ3n) is 2.87. The fourth-order valence-corrected chi connectivity index (χ4v) is 1.91. The Labute approximate surface area is 111 Å². The number of benzene rings is 3. The Kier molecular flexibility index (Phi) is 2.99. The Hall–Kier alpha value is -2.61. The van der Waals surface area contributed by atoms with E-state index < -0.39 is 0 Å². The van der Waals surface area contributed by atoms with Crippen molar-refractivity contribution in [2.24, 2.45) is 0 Å². The van der Waals surface area contributed by atoms with E-state index >= 15 is 0 Å². The van der Waals surface area contributed by atoms with Crippen molar-refractivity contribution in [3.05, 3.63) is 78.4 Å². The van der Waals surface area contributed by atoms with Crippen LogP contribution in [0.15, 0.2) is 66.7 Å². The van der Waals surface area contributed by atoms with Crippen molar-refractivity contribution < 1.29 is 9.53 Å². The minimum atomic E-state index is -0.346. The predicted octanol–water partition coefficient (Wildman–Crippen LogP) is 3.86. The molecule has 0 N–H and O–H groups in total. The highest BCUT2D eigenvalue weighted by atomic mass is 16.5. The molecule has 3 rings (SSSR count). The number of rotatable bonds is 2. The Morgan fingerprint density at radius 2 is 1.79 bits per heavy atom. The number of esters is 1. The minimum absolute atomic E-state index is 0.346. The first-order valence-corrected chi connectivity index (χ1v) is 6.00. The predicted molar refractivity (Wildman–Crippen MR) is 74.2 cm³/mol. The molecule has 0 atom stereocenters. The van der Waals surface area contributed by atoms with Gasteiger partial charge in [0, 0.05) is 0 Å². The number of ether oxygens (including phenoxy) is 1. The molecule has 3 aromatic rings. The molecule has 1 radical (unpaired) electrons. The van der Waals surface area contributed by atoms with E-state index in [1.165, 1.54) is 0 Å². The second-order valence-electron chi connectivity index (χ2n) is 4.19. The molecule has 91 valence electrons. The topological polar surface area (TPSA) is 26.3 Å². The summed E-state index contributed by atoms with van der Waals surface area (Å²) in [4.78, 5) is 12.0. The van der Waals surface area contributed by atoms with Gasteiger partial charge in [0.15, 0.2) is 0 Å². The van der Waals surface area contributed by atoms with E-state index in [4.69, 9.17) is 4.74 Å². The summed E-state index contributed by atoms with van der Waals surface area (Å²) in [6.45, 7) is 0. The lowest BCUT2D eigenvalue weighted by Crippen LogP contribution is -2.08. The van der Waals surface area contributed by atoms with Gasteiger partial charge in [-0.3, -0.25) is 0 Å². The Bertz CT molecular complexity index is 717. The van der Waals surface area contributed by atoms with Crippen LogP contribution in [0.4, 0.5) is 0 Å². The number of para-hydroxylation sites is 1. The van der Waals surface area contributed by atoms with E-state index in [9.17, 15) is 4.79 Å². The third kappa shape index (κ3) is 2.47. The standard InChI is InChI=1S/C17H11O2/c18-17(19-16-8-2-1-3-9-16)15-11-10-13-6-4-5-7-14(13)12-15/h1-3,5-12H. The monoisotopic (exact) mass is 247 g/mol. The van der Waals surface area contributed by atoms with Crippen molar-refractivity contribution in [3.8, 4) is 5.75 Å². The van der Waals surface area contributed by atoms with Crippen LogP contribution >= 0.6 is 0 Å². The summed E-state index contributed by atoms with van der Waals surface area (Å²) in [5.74, 6) is 0.204. The molecule has 0 fully saturated rings. The van der Waals surface area contributed by atoms with Gasteiger partial charge in [-0.2, -0.15) is 0 Å². The molecule has 2 nitrogen and oxygen atoms in total. The molecule has 0 bridgehead atoms. The maximum Gasteiger partial charge on any atom is 0.343 e. The molecule has 0 aliphatic carbocycles. The summed E-state index contributed by atoms with van der Waals surface area (Å²) < 4.78 is 5.30. The zero-order valence-electron chi connectivity index (χ0n) is 10.2. The summed E-state index contributed by atoms with van der Waals surface area (Å²) in [5.41, 5.74) is 0.544. The van der Waals surface area contributed by atoms with E-state index in [1.807, 2.05) is 48.5 Å². The minimum Gasteiger partial charge on any atom is -0.423 e. The highest BCUT2D eigenvalue weighted by molar-refractivity contribution is 5.96. The van der Waals surface area contributed by atoms with E-state index in [0.29, 0.717) is 11.3 Å². The Morgan fingerprint density at radius 3 is 2.63 bits per heavy atom. The van der Waals surface area contributed by atoms with Gasteiger partial charge in [-0.15, -0.1) is 0 Å². The Balaban J connectivity index is 1.89. The molecule has 19 heavy (non-hydrogen) atoms. The van der Waals surface area contributed by atoms with Gasteiger partial charge in [0.2, 0.25) is 0 Å². The summed E-state index contributed by atoms with van der Waals surface area (Å²) in [6, 6.07) is 23.2. The van der Waals surface area contributed by atoms with E-state index in [-0.39, 0.29) is 5.97 Å². The average molecular weight is 247 g/mol. The van der Waals surface area contributed by atoms with Crippen molar-refractivity contribution in [2.75, 3.05) is 0 Å². The van der Waals surface area contributed by atoms with Crippen LogP contribution in [0.3, 0.4) is 0 Å². The quantitative estimate of drug-likeness (QED) is 0.507. The zero-order chi connectivity index (χ0) is 13.1. The van der Waals surface area contributed by atoms with Gasteiger partial charge in [0.1, 0.15) is 5.75 Å². The second kappa shape index (κ2) is 4.94. The lowest BCUT2D eigenvalue weighted by molar-refractivity contribution is 0.0735. The molecule has 0 aliphatic heterocycles. The molecule has 0 spiro atoms. The maximum absolute atomic E-state index is 12.0. The number of hydrogen-bond donors (Lipinski definition) is 0. The largest absolute Gasteiger partial charge is 0.423 e. The number of hydrogen-bond acceptors (Lipinski definition) is 2. The van der Waals surface area contributed by atoms with Gasteiger partial charge < -0.3 is 4.74 Å². The molecule has 0 heterocycles. The highest BCUT2D eigenvalue weighted by Gasteiger charge is 2.08. The summed E-state index contributed by atoms with van der Waals surface area (Å²) in [5, 5.41) is 2.06. The number of carbonyl (C=O) groups excluding carboxylic acids is 1. The fraction of sp³-hybridized carbons (Fsp3) is 0. The van der Waals surface area contributed by atoms with E-state index in [0.717, 1.165) is 10.8 Å². The second-order valence-corrected chi connectivity index (χ2v) is 4.19. The van der Waals surface area contributed by atoms with Crippen LogP contribution in [0, 0.1) is 6.07 Å². The molecule has 0 aliphatic rings. The first-order chi connectivity index (χ1) is 9.33. The van der Waals surface area contributed by atoms with E-state index in [2.05, 4.69) is 6.07 Å². The molecule has 3 aromatic carbocycles. The van der Waals surface area contributed by atoms with Gasteiger partial charge in [0.25, 0.3) is 0 Å². The molecule has 0 amide bonds. The van der Waals surface area contributed by atoms with Gasteiger partial charge in [-0.1, -0.05) is 36.4 Å². The van der Waals surface area contributed by atoms with Crippen LogP contribution in [0.25, 0.3) is 10.8 Å². The molecule has 0 unspecified atom stereocenters. The lowest BCUT2D eigenvalue weighted by atomic mass is 10.1. The van der Waals surface area contributed by atoms with Crippen molar-refractivity contribution >= 4 is 16.7 Å². The summed E-state index contributed by atoms with van der Waals surface area (Å²) in [6.07, 6.45) is 0. The lowest BCUT2D eigenvalue weighted by Gasteiger charge is -2.05. The fourth-order valence-electron chi connectivity index (χ4n) is 1.91.